The molecule has 3 N–H and O–H groups in total. The molecule has 1 aliphatic rings. The van der Waals surface area contributed by atoms with Gasteiger partial charge < -0.3 is 10.5 Å². The van der Waals surface area contributed by atoms with E-state index < -0.39 is 6.03 Å². The first-order chi connectivity index (χ1) is 11.0. The van der Waals surface area contributed by atoms with E-state index in [1.165, 1.54) is 5.56 Å². The van der Waals surface area contributed by atoms with Crippen LogP contribution >= 0.6 is 0 Å². The number of primary amides is 1. The molecule has 1 saturated heterocycles. The van der Waals surface area contributed by atoms with Crippen molar-refractivity contribution in [1.29, 1.82) is 0 Å². The lowest BCUT2D eigenvalue weighted by atomic mass is 9.90. The zero-order valence-electron chi connectivity index (χ0n) is 13.7. The molecule has 1 aromatic rings. The normalized spacial score (nSPS) is 19.8. The van der Waals surface area contributed by atoms with Crippen molar-refractivity contribution in [3.05, 3.63) is 29.8 Å². The third kappa shape index (κ3) is 4.69. The van der Waals surface area contributed by atoms with Crippen LogP contribution in [-0.2, 0) is 11.2 Å². The second kappa shape index (κ2) is 7.97. The third-order valence-corrected chi connectivity index (χ3v) is 4.43. The fourth-order valence-corrected chi connectivity index (χ4v) is 3.19. The number of para-hydroxylation sites is 1. The van der Waals surface area contributed by atoms with Crippen LogP contribution in [0, 0.1) is 5.92 Å². The van der Waals surface area contributed by atoms with E-state index in [0.717, 1.165) is 38.1 Å². The summed E-state index contributed by atoms with van der Waals surface area (Å²) in [7, 11) is 1.68. The number of likely N-dealkylation sites (tertiary alicyclic amines) is 1. The molecule has 0 aliphatic carbocycles. The number of nitrogens with one attached hydrogen (secondary N) is 1. The molecule has 2 atom stereocenters. The van der Waals surface area contributed by atoms with Crippen molar-refractivity contribution in [3.8, 4) is 5.75 Å². The van der Waals surface area contributed by atoms with E-state index in [1.54, 1.807) is 7.11 Å². The van der Waals surface area contributed by atoms with Crippen molar-refractivity contribution in [3.63, 3.8) is 0 Å². The summed E-state index contributed by atoms with van der Waals surface area (Å²) < 4.78 is 5.41. The van der Waals surface area contributed by atoms with E-state index in [2.05, 4.69) is 16.3 Å². The summed E-state index contributed by atoms with van der Waals surface area (Å²) in [5, 5.41) is 2.16. The lowest BCUT2D eigenvalue weighted by molar-refractivity contribution is -0.125. The molecular weight excluding hydrogens is 294 g/mol. The monoisotopic (exact) mass is 319 g/mol. The zero-order chi connectivity index (χ0) is 16.8. The van der Waals surface area contributed by atoms with Crippen molar-refractivity contribution in [2.75, 3.05) is 20.2 Å². The van der Waals surface area contributed by atoms with Crippen molar-refractivity contribution in [2.24, 2.45) is 11.7 Å². The Morgan fingerprint density at radius 1 is 1.43 bits per heavy atom. The van der Waals surface area contributed by atoms with Crippen molar-refractivity contribution < 1.29 is 14.3 Å². The second-order valence-electron chi connectivity index (χ2n) is 6.05. The molecule has 0 saturated carbocycles. The van der Waals surface area contributed by atoms with Gasteiger partial charge in [0.2, 0.25) is 5.91 Å². The van der Waals surface area contributed by atoms with Crippen LogP contribution in [-0.4, -0.2) is 43.1 Å². The lowest BCUT2D eigenvalue weighted by Gasteiger charge is -2.36. The summed E-state index contributed by atoms with van der Waals surface area (Å²) in [6.45, 7) is 3.49. The summed E-state index contributed by atoms with van der Waals surface area (Å²) in [6.07, 6.45) is 3.08. The van der Waals surface area contributed by atoms with Crippen LogP contribution in [0.1, 0.15) is 25.3 Å². The zero-order valence-corrected chi connectivity index (χ0v) is 13.7. The number of nitrogens with two attached hydrogens (primary N) is 1. The van der Waals surface area contributed by atoms with Gasteiger partial charge in [0.05, 0.1) is 13.2 Å². The van der Waals surface area contributed by atoms with Gasteiger partial charge in [-0.05, 0) is 50.3 Å². The fourth-order valence-electron chi connectivity index (χ4n) is 3.19. The maximum atomic E-state index is 11.9. The maximum Gasteiger partial charge on any atom is 0.318 e. The molecule has 126 valence electrons. The number of carbonyl (C=O) groups is 2. The highest BCUT2D eigenvalue weighted by Gasteiger charge is 2.28. The number of nitrogens with zero attached hydrogens (tertiary/aromatic N) is 1. The molecule has 2 rings (SSSR count). The van der Waals surface area contributed by atoms with Gasteiger partial charge in [-0.15, -0.1) is 0 Å². The summed E-state index contributed by atoms with van der Waals surface area (Å²) in [4.78, 5) is 24.9. The molecule has 0 bridgehead atoms. The highest BCUT2D eigenvalue weighted by atomic mass is 16.5. The summed E-state index contributed by atoms with van der Waals surface area (Å²) in [5.41, 5.74) is 6.21. The Labute approximate surface area is 137 Å². The first-order valence-corrected chi connectivity index (χ1v) is 7.97. The molecular formula is C17H25N3O3. The van der Waals surface area contributed by atoms with E-state index in [-0.39, 0.29) is 11.9 Å². The van der Waals surface area contributed by atoms with Crippen LogP contribution in [0.2, 0.25) is 0 Å². The SMILES string of the molecule is COc1ccccc1C[C@H]1CCCN([C@H](C)C(=O)NC(N)=O)C1. The van der Waals surface area contributed by atoms with Gasteiger partial charge in [0.1, 0.15) is 5.75 Å². The number of methoxy groups -OCH3 is 1. The van der Waals surface area contributed by atoms with Crippen LogP contribution in [0.25, 0.3) is 0 Å². The summed E-state index contributed by atoms with van der Waals surface area (Å²) >= 11 is 0. The van der Waals surface area contributed by atoms with E-state index in [9.17, 15) is 9.59 Å². The standard InChI is InChI=1S/C17H25N3O3/c1-12(16(21)19-17(18)22)20-9-5-6-13(11-20)10-14-7-3-4-8-15(14)23-2/h3-4,7-8,12-13H,5-6,9-11H2,1-2H3,(H3,18,19,21,22)/t12-,13-/m1/s1. The summed E-state index contributed by atoms with van der Waals surface area (Å²) in [5.74, 6) is 1.03. The number of hydrogen-bond donors (Lipinski definition) is 2. The Hall–Kier alpha value is -2.08. The van der Waals surface area contributed by atoms with Crippen molar-refractivity contribution in [1.82, 2.24) is 10.2 Å². The molecule has 0 unspecified atom stereocenters. The highest BCUT2D eigenvalue weighted by molar-refractivity contribution is 5.96. The van der Waals surface area contributed by atoms with Crippen LogP contribution in [0.4, 0.5) is 4.79 Å². The van der Waals surface area contributed by atoms with E-state index in [0.29, 0.717) is 5.92 Å². The molecule has 1 aromatic carbocycles. The molecule has 0 spiro atoms. The Kier molecular flexibility index (Phi) is 5.98. The van der Waals surface area contributed by atoms with Gasteiger partial charge in [-0.1, -0.05) is 18.2 Å². The van der Waals surface area contributed by atoms with Gasteiger partial charge in [-0.2, -0.15) is 0 Å². The Morgan fingerprint density at radius 2 is 2.17 bits per heavy atom. The molecule has 6 heteroatoms. The lowest BCUT2D eigenvalue weighted by Crippen LogP contribution is -2.51. The number of ether oxygens (including phenoxy) is 1. The minimum atomic E-state index is -0.801. The molecule has 1 aliphatic heterocycles. The Bertz CT molecular complexity index is 562. The van der Waals surface area contributed by atoms with E-state index in [4.69, 9.17) is 10.5 Å². The number of urea groups is 1. The quantitative estimate of drug-likeness (QED) is 0.862. The number of carbonyl (C=O) groups excluding carboxylic acids is 2. The number of amides is 3. The first-order valence-electron chi connectivity index (χ1n) is 7.97. The van der Waals surface area contributed by atoms with E-state index in [1.807, 2.05) is 25.1 Å². The molecule has 1 heterocycles. The predicted octanol–water partition coefficient (Wildman–Crippen LogP) is 1.53. The number of benzene rings is 1. The molecule has 0 aromatic heterocycles. The smallest absolute Gasteiger partial charge is 0.318 e. The number of imide groups is 1. The second-order valence-corrected chi connectivity index (χ2v) is 6.05. The molecule has 1 fully saturated rings. The van der Waals surface area contributed by atoms with Crippen LogP contribution in [0.5, 0.6) is 5.75 Å². The van der Waals surface area contributed by atoms with Crippen LogP contribution < -0.4 is 15.8 Å². The largest absolute Gasteiger partial charge is 0.496 e. The van der Waals surface area contributed by atoms with Crippen molar-refractivity contribution in [2.45, 2.75) is 32.2 Å². The molecule has 3 amide bonds. The number of rotatable bonds is 5. The van der Waals surface area contributed by atoms with Gasteiger partial charge in [0, 0.05) is 6.54 Å². The van der Waals surface area contributed by atoms with Gasteiger partial charge in [0.15, 0.2) is 0 Å². The number of hydrogen-bond acceptors (Lipinski definition) is 4. The van der Waals surface area contributed by atoms with E-state index >= 15 is 0 Å². The van der Waals surface area contributed by atoms with Crippen LogP contribution in [0.3, 0.4) is 0 Å². The fraction of sp³-hybridized carbons (Fsp3) is 0.529. The Morgan fingerprint density at radius 3 is 2.87 bits per heavy atom. The molecule has 0 radical (unpaired) electrons. The highest BCUT2D eigenvalue weighted by Crippen LogP contribution is 2.26. The topological polar surface area (TPSA) is 84.7 Å². The minimum Gasteiger partial charge on any atom is -0.496 e. The van der Waals surface area contributed by atoms with Crippen molar-refractivity contribution >= 4 is 11.9 Å². The average molecular weight is 319 g/mol. The van der Waals surface area contributed by atoms with Gasteiger partial charge >= 0.3 is 6.03 Å². The third-order valence-electron chi connectivity index (χ3n) is 4.43. The first kappa shape index (κ1) is 17.3. The van der Waals surface area contributed by atoms with Crippen LogP contribution in [0.15, 0.2) is 24.3 Å². The molecule has 6 nitrogen and oxygen atoms in total. The van der Waals surface area contributed by atoms with Gasteiger partial charge in [0.25, 0.3) is 0 Å². The summed E-state index contributed by atoms with van der Waals surface area (Å²) in [6, 6.07) is 6.87. The van der Waals surface area contributed by atoms with Gasteiger partial charge in [-0.3, -0.25) is 15.0 Å². The average Bonchev–Trinajstić information content (AvgIpc) is 2.54. The van der Waals surface area contributed by atoms with Gasteiger partial charge in [-0.25, -0.2) is 4.79 Å². The maximum absolute atomic E-state index is 11.9. The Balaban J connectivity index is 1.97. The number of piperidine rings is 1. The minimum absolute atomic E-state index is 0.338. The molecule has 23 heavy (non-hydrogen) atoms. The predicted molar refractivity (Wildman–Crippen MR) is 88.2 cm³/mol.